The second-order valence-electron chi connectivity index (χ2n) is 5.64. The summed E-state index contributed by atoms with van der Waals surface area (Å²) in [6, 6.07) is 14.2. The Balaban J connectivity index is 1.81. The first kappa shape index (κ1) is 20.3. The van der Waals surface area contributed by atoms with Crippen LogP contribution < -0.4 is 20.1 Å². The summed E-state index contributed by atoms with van der Waals surface area (Å²) < 4.78 is 15.6. The van der Waals surface area contributed by atoms with Crippen LogP contribution in [-0.2, 0) is 16.1 Å². The van der Waals surface area contributed by atoms with E-state index in [4.69, 9.17) is 14.2 Å². The van der Waals surface area contributed by atoms with Crippen molar-refractivity contribution >= 4 is 11.8 Å². The number of ether oxygens (including phenoxy) is 3. The second-order valence-corrected chi connectivity index (χ2v) is 5.64. The molecule has 7 nitrogen and oxygen atoms in total. The van der Waals surface area contributed by atoms with Gasteiger partial charge in [-0.2, -0.15) is 0 Å². The minimum absolute atomic E-state index is 0.124. The summed E-state index contributed by atoms with van der Waals surface area (Å²) in [6.45, 7) is 1.00. The molecule has 0 bridgehead atoms. The number of carbonyl (C=O) groups is 2. The third kappa shape index (κ3) is 6.63. The van der Waals surface area contributed by atoms with E-state index in [0.29, 0.717) is 31.1 Å². The van der Waals surface area contributed by atoms with Crippen LogP contribution in [0.1, 0.15) is 15.9 Å². The lowest BCUT2D eigenvalue weighted by Crippen LogP contribution is -2.36. The van der Waals surface area contributed by atoms with Crippen LogP contribution in [0.4, 0.5) is 0 Å². The fourth-order valence-corrected chi connectivity index (χ4v) is 2.28. The molecule has 27 heavy (non-hydrogen) atoms. The smallest absolute Gasteiger partial charge is 0.255 e. The zero-order valence-corrected chi connectivity index (χ0v) is 15.5. The van der Waals surface area contributed by atoms with Gasteiger partial charge < -0.3 is 24.8 Å². The van der Waals surface area contributed by atoms with Crippen LogP contribution in [0, 0.1) is 0 Å². The van der Waals surface area contributed by atoms with Gasteiger partial charge in [0.2, 0.25) is 5.91 Å². The van der Waals surface area contributed by atoms with Gasteiger partial charge in [-0.15, -0.1) is 0 Å². The molecule has 2 amide bonds. The van der Waals surface area contributed by atoms with Crippen molar-refractivity contribution in [2.45, 2.75) is 6.54 Å². The van der Waals surface area contributed by atoms with E-state index >= 15 is 0 Å². The topological polar surface area (TPSA) is 85.9 Å². The number of nitrogens with one attached hydrogen (secondary N) is 2. The van der Waals surface area contributed by atoms with Crippen LogP contribution in [0.3, 0.4) is 0 Å². The molecule has 2 aromatic rings. The lowest BCUT2D eigenvalue weighted by Gasteiger charge is -2.11. The van der Waals surface area contributed by atoms with Crippen molar-refractivity contribution < 1.29 is 23.8 Å². The van der Waals surface area contributed by atoms with E-state index in [0.717, 1.165) is 11.3 Å². The maximum absolute atomic E-state index is 12.3. The monoisotopic (exact) mass is 372 g/mol. The highest BCUT2D eigenvalue weighted by molar-refractivity contribution is 5.98. The van der Waals surface area contributed by atoms with Crippen molar-refractivity contribution in [1.82, 2.24) is 10.6 Å². The first-order valence-corrected chi connectivity index (χ1v) is 8.52. The van der Waals surface area contributed by atoms with E-state index in [-0.39, 0.29) is 18.4 Å². The molecule has 0 saturated carbocycles. The highest BCUT2D eigenvalue weighted by Crippen LogP contribution is 2.17. The maximum Gasteiger partial charge on any atom is 0.255 e. The molecule has 2 rings (SSSR count). The number of hydrogen-bond acceptors (Lipinski definition) is 5. The lowest BCUT2D eigenvalue weighted by molar-refractivity contribution is -0.120. The van der Waals surface area contributed by atoms with E-state index < -0.39 is 0 Å². The Bertz CT molecular complexity index is 746. The molecule has 0 aliphatic rings. The van der Waals surface area contributed by atoms with Gasteiger partial charge in [0.15, 0.2) is 0 Å². The third-order valence-corrected chi connectivity index (χ3v) is 3.73. The predicted molar refractivity (Wildman–Crippen MR) is 101 cm³/mol. The third-order valence-electron chi connectivity index (χ3n) is 3.73. The van der Waals surface area contributed by atoms with Crippen molar-refractivity contribution in [2.75, 3.05) is 34.0 Å². The largest absolute Gasteiger partial charge is 0.497 e. The summed E-state index contributed by atoms with van der Waals surface area (Å²) in [5.41, 5.74) is 1.31. The summed E-state index contributed by atoms with van der Waals surface area (Å²) in [4.78, 5) is 24.3. The van der Waals surface area contributed by atoms with E-state index in [1.165, 1.54) is 0 Å². The van der Waals surface area contributed by atoms with Gasteiger partial charge in [-0.1, -0.05) is 24.3 Å². The fourth-order valence-electron chi connectivity index (χ4n) is 2.28. The quantitative estimate of drug-likeness (QED) is 0.621. The molecule has 0 unspecified atom stereocenters. The number of para-hydroxylation sites is 1. The highest BCUT2D eigenvalue weighted by atomic mass is 16.5. The molecule has 0 atom stereocenters. The molecular weight excluding hydrogens is 348 g/mol. The standard InChI is InChI=1S/C20H24N2O5/c1-25-11-12-27-18-6-4-3-5-17(18)20(24)22-14-19(23)21-13-15-7-9-16(26-2)10-8-15/h3-10H,11-14H2,1-2H3,(H,21,23)(H,22,24). The number of rotatable bonds is 10. The van der Waals surface area contributed by atoms with Crippen molar-refractivity contribution in [3.8, 4) is 11.5 Å². The molecule has 0 spiro atoms. The Labute approximate surface area is 158 Å². The molecule has 2 aromatic carbocycles. The van der Waals surface area contributed by atoms with E-state index in [2.05, 4.69) is 10.6 Å². The van der Waals surface area contributed by atoms with E-state index in [1.807, 2.05) is 24.3 Å². The zero-order valence-electron chi connectivity index (χ0n) is 15.5. The molecule has 0 saturated heterocycles. The van der Waals surface area contributed by atoms with Crippen LogP contribution in [0.15, 0.2) is 48.5 Å². The SMILES string of the molecule is COCCOc1ccccc1C(=O)NCC(=O)NCc1ccc(OC)cc1. The van der Waals surface area contributed by atoms with Crippen molar-refractivity contribution in [1.29, 1.82) is 0 Å². The molecule has 0 aliphatic heterocycles. The first-order chi connectivity index (χ1) is 13.1. The number of benzene rings is 2. The van der Waals surface area contributed by atoms with Gasteiger partial charge in [-0.25, -0.2) is 0 Å². The molecular formula is C20H24N2O5. The number of hydrogen-bond donors (Lipinski definition) is 2. The van der Waals surface area contributed by atoms with Gasteiger partial charge in [0, 0.05) is 13.7 Å². The number of amides is 2. The minimum Gasteiger partial charge on any atom is -0.497 e. The Hall–Kier alpha value is -3.06. The minimum atomic E-state index is -0.373. The van der Waals surface area contributed by atoms with Crippen molar-refractivity contribution in [2.24, 2.45) is 0 Å². The zero-order chi connectivity index (χ0) is 19.5. The Kier molecular flexibility index (Phi) is 8.12. The van der Waals surface area contributed by atoms with Gasteiger partial charge in [0.05, 0.1) is 25.8 Å². The summed E-state index contributed by atoms with van der Waals surface area (Å²) in [5, 5.41) is 5.36. The van der Waals surface area contributed by atoms with Gasteiger partial charge in [0.25, 0.3) is 5.91 Å². The van der Waals surface area contributed by atoms with Crippen molar-refractivity contribution in [3.63, 3.8) is 0 Å². The van der Waals surface area contributed by atoms with Gasteiger partial charge >= 0.3 is 0 Å². The van der Waals surface area contributed by atoms with E-state index in [1.54, 1.807) is 38.5 Å². The second kappa shape index (κ2) is 10.8. The maximum atomic E-state index is 12.3. The summed E-state index contributed by atoms with van der Waals surface area (Å²) in [5.74, 6) is 0.550. The molecule has 0 radical (unpaired) electrons. The van der Waals surface area contributed by atoms with Crippen LogP contribution in [-0.4, -0.2) is 45.8 Å². The molecule has 0 fully saturated rings. The lowest BCUT2D eigenvalue weighted by atomic mass is 10.2. The van der Waals surface area contributed by atoms with Crippen LogP contribution in [0.2, 0.25) is 0 Å². The predicted octanol–water partition coefficient (Wildman–Crippen LogP) is 1.77. The first-order valence-electron chi connectivity index (χ1n) is 8.52. The van der Waals surface area contributed by atoms with Gasteiger partial charge in [-0.3, -0.25) is 9.59 Å². The van der Waals surface area contributed by atoms with E-state index in [9.17, 15) is 9.59 Å². The van der Waals surface area contributed by atoms with Crippen LogP contribution in [0.5, 0.6) is 11.5 Å². The molecule has 0 heterocycles. The Morgan fingerprint density at radius 1 is 0.926 bits per heavy atom. The van der Waals surface area contributed by atoms with Crippen LogP contribution >= 0.6 is 0 Å². The normalized spacial score (nSPS) is 10.1. The number of carbonyl (C=O) groups excluding carboxylic acids is 2. The van der Waals surface area contributed by atoms with Gasteiger partial charge in [0.1, 0.15) is 18.1 Å². The fraction of sp³-hybridized carbons (Fsp3) is 0.300. The molecule has 7 heteroatoms. The molecule has 2 N–H and O–H groups in total. The van der Waals surface area contributed by atoms with Gasteiger partial charge in [-0.05, 0) is 29.8 Å². The Morgan fingerprint density at radius 3 is 2.37 bits per heavy atom. The molecule has 144 valence electrons. The summed E-state index contributed by atoms with van der Waals surface area (Å²) in [7, 11) is 3.17. The highest BCUT2D eigenvalue weighted by Gasteiger charge is 2.13. The average molecular weight is 372 g/mol. The van der Waals surface area contributed by atoms with Crippen molar-refractivity contribution in [3.05, 3.63) is 59.7 Å². The summed E-state index contributed by atoms with van der Waals surface area (Å²) >= 11 is 0. The average Bonchev–Trinajstić information content (AvgIpc) is 2.71. The molecule has 0 aromatic heterocycles. The molecule has 0 aliphatic carbocycles. The van der Waals surface area contributed by atoms with Crippen LogP contribution in [0.25, 0.3) is 0 Å². The summed E-state index contributed by atoms with van der Waals surface area (Å²) in [6.07, 6.45) is 0. The Morgan fingerprint density at radius 2 is 1.67 bits per heavy atom. The number of methoxy groups -OCH3 is 2.